The van der Waals surface area contributed by atoms with Crippen LogP contribution in [0.1, 0.15) is 21.5 Å². The normalized spacial score (nSPS) is 11.1. The minimum atomic E-state index is -0.549. The predicted molar refractivity (Wildman–Crippen MR) is 115 cm³/mol. The first kappa shape index (κ1) is 20.5. The molecule has 7 nitrogen and oxygen atoms in total. The first-order chi connectivity index (χ1) is 15.0. The van der Waals surface area contributed by atoms with Gasteiger partial charge in [0.05, 0.1) is 18.3 Å². The van der Waals surface area contributed by atoms with Crippen LogP contribution in [0.2, 0.25) is 0 Å². The topological polar surface area (TPSA) is 100 Å². The maximum atomic E-state index is 13.9. The van der Waals surface area contributed by atoms with Gasteiger partial charge in [0.1, 0.15) is 0 Å². The highest BCUT2D eigenvalue weighted by Gasteiger charge is 2.14. The summed E-state index contributed by atoms with van der Waals surface area (Å²) in [5.41, 5.74) is 2.78. The van der Waals surface area contributed by atoms with Gasteiger partial charge < -0.3 is 15.0 Å². The number of amides is 1. The number of carbonyl (C=O) groups is 1. The molecule has 0 unspecified atom stereocenters. The van der Waals surface area contributed by atoms with Gasteiger partial charge in [0, 0.05) is 30.8 Å². The van der Waals surface area contributed by atoms with Crippen LogP contribution >= 0.6 is 0 Å². The molecule has 4 aromatic rings. The van der Waals surface area contributed by atoms with Crippen molar-refractivity contribution in [3.8, 4) is 11.1 Å². The Hall–Kier alpha value is -3.78. The van der Waals surface area contributed by atoms with Gasteiger partial charge in [-0.25, -0.2) is 0 Å². The number of pyridine rings is 1. The molecule has 4 rings (SSSR count). The third-order valence-corrected chi connectivity index (χ3v) is 5.22. The molecule has 0 aliphatic heterocycles. The number of H-pyrrole nitrogens is 1. The molecular formula is C23H21FN4O3. The maximum absolute atomic E-state index is 13.9. The zero-order valence-corrected chi connectivity index (χ0v) is 16.9. The number of hydrogen-bond donors (Lipinski definition) is 3. The van der Waals surface area contributed by atoms with Gasteiger partial charge in [-0.1, -0.05) is 18.2 Å². The zero-order valence-electron chi connectivity index (χ0n) is 16.9. The fourth-order valence-electron chi connectivity index (χ4n) is 3.70. The number of aromatic nitrogens is 3. The Morgan fingerprint density at radius 1 is 1.23 bits per heavy atom. The van der Waals surface area contributed by atoms with E-state index in [2.05, 4.69) is 15.5 Å². The Morgan fingerprint density at radius 2 is 2.06 bits per heavy atom. The van der Waals surface area contributed by atoms with Gasteiger partial charge in [0.15, 0.2) is 0 Å². The van der Waals surface area contributed by atoms with Crippen molar-refractivity contribution in [2.24, 2.45) is 0 Å². The summed E-state index contributed by atoms with van der Waals surface area (Å²) in [6.45, 7) is 0.180. The second-order valence-corrected chi connectivity index (χ2v) is 7.20. The highest BCUT2D eigenvalue weighted by molar-refractivity contribution is 5.94. The van der Waals surface area contributed by atoms with Gasteiger partial charge in [0.2, 0.25) is 5.95 Å². The van der Waals surface area contributed by atoms with Crippen molar-refractivity contribution in [3.63, 3.8) is 0 Å². The molecule has 8 heteroatoms. The van der Waals surface area contributed by atoms with E-state index < -0.39 is 5.95 Å². The standard InChI is InChI=1S/C23H21FN4O3/c1-25-22(30)16-4-2-3-14(9-16)12-28-13-17(7-8-29)19-10-15(5-6-18(19)23(28)31)20-11-26-27-21(20)24/h2-6,9-11,13,29H,7-8,12H2,1H3,(H,25,30)(H,26,27). The fraction of sp³-hybridized carbons (Fsp3) is 0.174. The predicted octanol–water partition coefficient (Wildman–Crippen LogP) is 2.47. The Balaban J connectivity index is 1.81. The molecule has 0 aliphatic rings. The van der Waals surface area contributed by atoms with E-state index >= 15 is 0 Å². The van der Waals surface area contributed by atoms with Crippen LogP contribution in [0.25, 0.3) is 21.9 Å². The molecule has 158 valence electrons. The molecule has 3 N–H and O–H groups in total. The summed E-state index contributed by atoms with van der Waals surface area (Å²) in [5, 5.41) is 19.2. The van der Waals surface area contributed by atoms with E-state index in [1.54, 1.807) is 54.2 Å². The number of aliphatic hydroxyl groups excluding tert-OH is 1. The number of carbonyl (C=O) groups excluding carboxylic acids is 1. The fourth-order valence-corrected chi connectivity index (χ4v) is 3.70. The van der Waals surface area contributed by atoms with E-state index in [9.17, 15) is 19.1 Å². The third-order valence-electron chi connectivity index (χ3n) is 5.22. The quantitative estimate of drug-likeness (QED) is 0.446. The Morgan fingerprint density at radius 3 is 2.77 bits per heavy atom. The van der Waals surface area contributed by atoms with Crippen LogP contribution in [-0.4, -0.2) is 39.4 Å². The zero-order chi connectivity index (χ0) is 22.0. The van der Waals surface area contributed by atoms with E-state index in [0.29, 0.717) is 33.9 Å². The van der Waals surface area contributed by atoms with E-state index in [1.165, 1.54) is 6.20 Å². The Bertz CT molecular complexity index is 1330. The molecule has 2 aromatic carbocycles. The highest BCUT2D eigenvalue weighted by Crippen LogP contribution is 2.26. The molecule has 0 saturated heterocycles. The summed E-state index contributed by atoms with van der Waals surface area (Å²) >= 11 is 0. The first-order valence-electron chi connectivity index (χ1n) is 9.79. The van der Waals surface area contributed by atoms with Crippen LogP contribution in [0, 0.1) is 5.95 Å². The molecule has 2 heterocycles. The van der Waals surface area contributed by atoms with Crippen LogP contribution < -0.4 is 10.9 Å². The molecule has 2 aromatic heterocycles. The second kappa shape index (κ2) is 8.53. The van der Waals surface area contributed by atoms with E-state index in [1.807, 2.05) is 6.07 Å². The minimum absolute atomic E-state index is 0.0935. The number of nitrogens with one attached hydrogen (secondary N) is 2. The van der Waals surface area contributed by atoms with E-state index in [-0.39, 0.29) is 24.6 Å². The lowest BCUT2D eigenvalue weighted by atomic mass is 9.99. The van der Waals surface area contributed by atoms with Crippen molar-refractivity contribution in [1.82, 2.24) is 20.1 Å². The smallest absolute Gasteiger partial charge is 0.258 e. The lowest BCUT2D eigenvalue weighted by molar-refractivity contribution is 0.0963. The maximum Gasteiger partial charge on any atom is 0.258 e. The first-order valence-corrected chi connectivity index (χ1v) is 9.79. The van der Waals surface area contributed by atoms with Gasteiger partial charge in [-0.15, -0.1) is 0 Å². The van der Waals surface area contributed by atoms with Crippen molar-refractivity contribution in [2.45, 2.75) is 13.0 Å². The van der Waals surface area contributed by atoms with Crippen molar-refractivity contribution in [3.05, 3.63) is 87.9 Å². The number of hydrogen-bond acceptors (Lipinski definition) is 4. The van der Waals surface area contributed by atoms with Crippen molar-refractivity contribution < 1.29 is 14.3 Å². The monoisotopic (exact) mass is 420 g/mol. The number of aromatic amines is 1. The number of aliphatic hydroxyl groups is 1. The average molecular weight is 420 g/mol. The number of fused-ring (bicyclic) bond motifs is 1. The molecule has 0 aliphatic carbocycles. The summed E-state index contributed by atoms with van der Waals surface area (Å²) in [6.07, 6.45) is 3.44. The molecule has 0 radical (unpaired) electrons. The molecule has 31 heavy (non-hydrogen) atoms. The lowest BCUT2D eigenvalue weighted by Gasteiger charge is -2.13. The molecule has 0 fully saturated rings. The largest absolute Gasteiger partial charge is 0.396 e. The van der Waals surface area contributed by atoms with Crippen LogP contribution in [0.3, 0.4) is 0 Å². The summed E-state index contributed by atoms with van der Waals surface area (Å²) < 4.78 is 15.5. The van der Waals surface area contributed by atoms with Gasteiger partial charge >= 0.3 is 0 Å². The van der Waals surface area contributed by atoms with E-state index in [4.69, 9.17) is 0 Å². The number of nitrogens with zero attached hydrogens (tertiary/aromatic N) is 2. The summed E-state index contributed by atoms with van der Waals surface area (Å²) in [6, 6.07) is 12.2. The molecule has 0 bridgehead atoms. The summed E-state index contributed by atoms with van der Waals surface area (Å²) in [4.78, 5) is 25.1. The molecule has 0 spiro atoms. The van der Waals surface area contributed by atoms with Crippen LogP contribution in [-0.2, 0) is 13.0 Å². The van der Waals surface area contributed by atoms with Crippen molar-refractivity contribution >= 4 is 16.7 Å². The van der Waals surface area contributed by atoms with Gasteiger partial charge in [-0.3, -0.25) is 14.7 Å². The molecular weight excluding hydrogens is 399 g/mol. The van der Waals surface area contributed by atoms with Crippen LogP contribution in [0.15, 0.2) is 59.7 Å². The number of rotatable bonds is 6. The van der Waals surface area contributed by atoms with Gasteiger partial charge in [-0.05, 0) is 52.8 Å². The van der Waals surface area contributed by atoms with Crippen LogP contribution in [0.4, 0.5) is 4.39 Å². The van der Waals surface area contributed by atoms with Gasteiger partial charge in [0.25, 0.3) is 11.5 Å². The Kier molecular flexibility index (Phi) is 5.64. The van der Waals surface area contributed by atoms with Crippen molar-refractivity contribution in [2.75, 3.05) is 13.7 Å². The molecule has 0 saturated carbocycles. The Labute approximate surface area is 177 Å². The van der Waals surface area contributed by atoms with E-state index in [0.717, 1.165) is 11.1 Å². The minimum Gasteiger partial charge on any atom is -0.396 e. The highest BCUT2D eigenvalue weighted by atomic mass is 19.1. The molecule has 1 amide bonds. The SMILES string of the molecule is CNC(=O)c1cccc(Cn2cc(CCO)c3cc(-c4cn[nH]c4F)ccc3c2=O)c1. The molecule has 0 atom stereocenters. The average Bonchev–Trinajstić information content (AvgIpc) is 3.22. The van der Waals surface area contributed by atoms with Crippen LogP contribution in [0.5, 0.6) is 0 Å². The summed E-state index contributed by atoms with van der Waals surface area (Å²) in [7, 11) is 1.56. The van der Waals surface area contributed by atoms with Crippen molar-refractivity contribution in [1.29, 1.82) is 0 Å². The second-order valence-electron chi connectivity index (χ2n) is 7.20. The number of benzene rings is 2. The lowest BCUT2D eigenvalue weighted by Crippen LogP contribution is -2.22. The third kappa shape index (κ3) is 3.97. The summed E-state index contributed by atoms with van der Waals surface area (Å²) in [5.74, 6) is -0.750. The van der Waals surface area contributed by atoms with Gasteiger partial charge in [-0.2, -0.15) is 9.49 Å². The number of halogens is 1.